The predicted molar refractivity (Wildman–Crippen MR) is 76.4 cm³/mol. The molecule has 4 nitrogen and oxygen atoms in total. The summed E-state index contributed by atoms with van der Waals surface area (Å²) < 4.78 is 5.20. The van der Waals surface area contributed by atoms with Gasteiger partial charge in [-0.25, -0.2) is 0 Å². The van der Waals surface area contributed by atoms with Gasteiger partial charge in [-0.1, -0.05) is 23.5 Å². The van der Waals surface area contributed by atoms with Crippen LogP contribution < -0.4 is 5.32 Å². The van der Waals surface area contributed by atoms with Gasteiger partial charge in [-0.2, -0.15) is 0 Å². The van der Waals surface area contributed by atoms with E-state index in [1.54, 1.807) is 7.11 Å². The zero-order valence-corrected chi connectivity index (χ0v) is 11.8. The molecule has 0 bridgehead atoms. The number of carbonyl (C=O) groups excluding carboxylic acids is 1. The Morgan fingerprint density at radius 1 is 1.50 bits per heavy atom. The van der Waals surface area contributed by atoms with E-state index in [-0.39, 0.29) is 24.7 Å². The van der Waals surface area contributed by atoms with Crippen LogP contribution in [-0.4, -0.2) is 36.9 Å². The molecule has 2 rings (SSSR count). The lowest BCUT2D eigenvalue weighted by Crippen LogP contribution is -2.47. The Morgan fingerprint density at radius 3 is 2.90 bits per heavy atom. The van der Waals surface area contributed by atoms with Gasteiger partial charge in [-0.05, 0) is 31.9 Å². The highest BCUT2D eigenvalue weighted by molar-refractivity contribution is 5.97. The Kier molecular flexibility index (Phi) is 4.78. The molecular formula is C16H19NO3. The number of benzene rings is 1. The van der Waals surface area contributed by atoms with Crippen molar-refractivity contribution in [2.24, 2.45) is 0 Å². The summed E-state index contributed by atoms with van der Waals surface area (Å²) in [5.41, 5.74) is 2.21. The molecule has 1 fully saturated rings. The first-order valence-corrected chi connectivity index (χ1v) is 6.68. The van der Waals surface area contributed by atoms with E-state index in [4.69, 9.17) is 9.84 Å². The minimum absolute atomic E-state index is 0.115. The van der Waals surface area contributed by atoms with Gasteiger partial charge in [-0.3, -0.25) is 4.79 Å². The first kappa shape index (κ1) is 14.6. The van der Waals surface area contributed by atoms with Crippen molar-refractivity contribution < 1.29 is 14.6 Å². The van der Waals surface area contributed by atoms with Crippen LogP contribution >= 0.6 is 0 Å². The van der Waals surface area contributed by atoms with Gasteiger partial charge in [0.25, 0.3) is 5.91 Å². The SMILES string of the molecule is COC1CC(NC(=O)c2cc(C)ccc2C#CCO)C1. The highest BCUT2D eigenvalue weighted by Crippen LogP contribution is 2.23. The van der Waals surface area contributed by atoms with E-state index in [0.29, 0.717) is 11.1 Å². The number of methoxy groups -OCH3 is 1. The summed E-state index contributed by atoms with van der Waals surface area (Å²) in [7, 11) is 1.69. The van der Waals surface area contributed by atoms with Crippen LogP contribution in [0.15, 0.2) is 18.2 Å². The van der Waals surface area contributed by atoms with Crippen molar-refractivity contribution in [3.63, 3.8) is 0 Å². The lowest BCUT2D eigenvalue weighted by Gasteiger charge is -2.34. The zero-order chi connectivity index (χ0) is 14.5. The average molecular weight is 273 g/mol. The maximum absolute atomic E-state index is 12.3. The van der Waals surface area contributed by atoms with Crippen molar-refractivity contribution in [2.75, 3.05) is 13.7 Å². The minimum Gasteiger partial charge on any atom is -0.384 e. The second-order valence-corrected chi connectivity index (χ2v) is 5.01. The van der Waals surface area contributed by atoms with Crippen LogP contribution in [0, 0.1) is 18.8 Å². The van der Waals surface area contributed by atoms with E-state index >= 15 is 0 Å². The standard InChI is InChI=1S/C16H19NO3/c1-11-5-6-12(4-3-7-18)15(8-11)16(19)17-13-9-14(10-13)20-2/h5-6,8,13-14,18H,7,9-10H2,1-2H3,(H,17,19). The Morgan fingerprint density at radius 2 is 2.25 bits per heavy atom. The number of aliphatic hydroxyl groups is 1. The van der Waals surface area contributed by atoms with Crippen molar-refractivity contribution in [3.8, 4) is 11.8 Å². The van der Waals surface area contributed by atoms with Gasteiger partial charge in [0.15, 0.2) is 0 Å². The highest BCUT2D eigenvalue weighted by Gasteiger charge is 2.30. The molecule has 0 heterocycles. The fraction of sp³-hybridized carbons (Fsp3) is 0.438. The van der Waals surface area contributed by atoms with E-state index in [9.17, 15) is 4.79 Å². The molecule has 0 saturated heterocycles. The number of hydrogen-bond acceptors (Lipinski definition) is 3. The van der Waals surface area contributed by atoms with Gasteiger partial charge < -0.3 is 15.2 Å². The van der Waals surface area contributed by atoms with Gasteiger partial charge in [0.2, 0.25) is 0 Å². The van der Waals surface area contributed by atoms with E-state index in [1.165, 1.54) is 0 Å². The molecular weight excluding hydrogens is 254 g/mol. The molecule has 0 aliphatic heterocycles. The van der Waals surface area contributed by atoms with Gasteiger partial charge in [-0.15, -0.1) is 0 Å². The second-order valence-electron chi connectivity index (χ2n) is 5.01. The van der Waals surface area contributed by atoms with Crippen molar-refractivity contribution in [1.82, 2.24) is 5.32 Å². The lowest BCUT2D eigenvalue weighted by molar-refractivity contribution is 0.0176. The Labute approximate surface area is 119 Å². The maximum atomic E-state index is 12.3. The van der Waals surface area contributed by atoms with E-state index in [0.717, 1.165) is 18.4 Å². The third-order valence-corrected chi connectivity index (χ3v) is 3.49. The van der Waals surface area contributed by atoms with Crippen molar-refractivity contribution in [3.05, 3.63) is 34.9 Å². The van der Waals surface area contributed by atoms with Crippen LogP contribution in [0.5, 0.6) is 0 Å². The zero-order valence-electron chi connectivity index (χ0n) is 11.8. The summed E-state index contributed by atoms with van der Waals surface area (Å²) in [5.74, 6) is 5.28. The van der Waals surface area contributed by atoms with E-state index < -0.39 is 0 Å². The van der Waals surface area contributed by atoms with Crippen LogP contribution in [0.1, 0.15) is 34.3 Å². The number of aryl methyl sites for hydroxylation is 1. The molecule has 0 aromatic heterocycles. The topological polar surface area (TPSA) is 58.6 Å². The first-order chi connectivity index (χ1) is 9.63. The summed E-state index contributed by atoms with van der Waals surface area (Å²) in [6, 6.07) is 5.71. The van der Waals surface area contributed by atoms with Crippen molar-refractivity contribution in [2.45, 2.75) is 31.9 Å². The number of carbonyl (C=O) groups is 1. The Balaban J connectivity index is 2.10. The molecule has 0 radical (unpaired) electrons. The minimum atomic E-state index is -0.215. The number of aliphatic hydroxyl groups excluding tert-OH is 1. The smallest absolute Gasteiger partial charge is 0.252 e. The van der Waals surface area contributed by atoms with Crippen LogP contribution in [0.2, 0.25) is 0 Å². The van der Waals surface area contributed by atoms with E-state index in [1.807, 2.05) is 25.1 Å². The molecule has 1 aromatic carbocycles. The molecule has 1 saturated carbocycles. The molecule has 0 spiro atoms. The Hall–Kier alpha value is -1.83. The molecule has 1 aliphatic carbocycles. The maximum Gasteiger partial charge on any atom is 0.252 e. The van der Waals surface area contributed by atoms with Gasteiger partial charge >= 0.3 is 0 Å². The molecule has 2 N–H and O–H groups in total. The second kappa shape index (κ2) is 6.56. The number of ether oxygens (including phenoxy) is 1. The van der Waals surface area contributed by atoms with Crippen LogP contribution in [0.25, 0.3) is 0 Å². The Bertz CT molecular complexity index is 551. The molecule has 1 amide bonds. The third-order valence-electron chi connectivity index (χ3n) is 3.49. The van der Waals surface area contributed by atoms with Crippen molar-refractivity contribution in [1.29, 1.82) is 0 Å². The number of hydrogen-bond donors (Lipinski definition) is 2. The molecule has 106 valence electrons. The number of amides is 1. The molecule has 4 heteroatoms. The summed E-state index contributed by atoms with van der Waals surface area (Å²) >= 11 is 0. The normalized spacial score (nSPS) is 20.6. The largest absolute Gasteiger partial charge is 0.384 e. The third kappa shape index (κ3) is 3.38. The fourth-order valence-electron chi connectivity index (χ4n) is 2.23. The molecule has 0 atom stereocenters. The summed E-state index contributed by atoms with van der Waals surface area (Å²) in [6.07, 6.45) is 1.96. The van der Waals surface area contributed by atoms with Crippen LogP contribution in [0.3, 0.4) is 0 Å². The molecule has 1 aromatic rings. The van der Waals surface area contributed by atoms with Crippen molar-refractivity contribution >= 4 is 5.91 Å². The lowest BCUT2D eigenvalue weighted by atomic mass is 9.89. The molecule has 1 aliphatic rings. The van der Waals surface area contributed by atoms with E-state index in [2.05, 4.69) is 17.2 Å². The van der Waals surface area contributed by atoms with Gasteiger partial charge in [0, 0.05) is 18.7 Å². The molecule has 20 heavy (non-hydrogen) atoms. The summed E-state index contributed by atoms with van der Waals surface area (Å²) in [5, 5.41) is 11.8. The number of rotatable bonds is 3. The number of nitrogens with one attached hydrogen (secondary N) is 1. The molecule has 0 unspecified atom stereocenters. The van der Waals surface area contributed by atoms with Crippen LogP contribution in [-0.2, 0) is 4.74 Å². The van der Waals surface area contributed by atoms with Crippen LogP contribution in [0.4, 0.5) is 0 Å². The van der Waals surface area contributed by atoms with Gasteiger partial charge in [0.05, 0.1) is 11.7 Å². The predicted octanol–water partition coefficient (Wildman–Crippen LogP) is 1.25. The first-order valence-electron chi connectivity index (χ1n) is 6.68. The summed E-state index contributed by atoms with van der Waals surface area (Å²) in [6.45, 7) is 1.72. The quantitative estimate of drug-likeness (QED) is 0.815. The monoisotopic (exact) mass is 273 g/mol. The van der Waals surface area contributed by atoms with Gasteiger partial charge in [0.1, 0.15) is 6.61 Å². The fourth-order valence-corrected chi connectivity index (χ4v) is 2.23. The highest BCUT2D eigenvalue weighted by atomic mass is 16.5. The summed E-state index contributed by atoms with van der Waals surface area (Å²) in [4.78, 5) is 12.3. The average Bonchev–Trinajstić information content (AvgIpc) is 2.40.